The number of halogens is 1. The standard InChI is InChI=1S/C6H8ClN3O2S/c1-3(11)9-6-10-4(2-8-12)5(7)13-6/h8,12H,2H2,1H3,(H,9,10,11). The smallest absolute Gasteiger partial charge is 0.223 e. The molecule has 0 saturated carbocycles. The summed E-state index contributed by atoms with van der Waals surface area (Å²) in [6.07, 6.45) is 0. The maximum absolute atomic E-state index is 10.6. The first-order chi connectivity index (χ1) is 6.13. The molecule has 0 unspecified atom stereocenters. The summed E-state index contributed by atoms with van der Waals surface area (Å²) in [5, 5.41) is 11.3. The predicted molar refractivity (Wildman–Crippen MR) is 50.1 cm³/mol. The molecule has 0 saturated heterocycles. The van der Waals surface area contributed by atoms with Crippen LogP contribution in [0.25, 0.3) is 0 Å². The van der Waals surface area contributed by atoms with Crippen molar-refractivity contribution in [2.75, 3.05) is 5.32 Å². The van der Waals surface area contributed by atoms with Gasteiger partial charge in [-0.25, -0.2) is 4.98 Å². The number of carbonyl (C=O) groups is 1. The Labute approximate surface area is 83.7 Å². The molecule has 1 aromatic heterocycles. The molecule has 0 bridgehead atoms. The Kier molecular flexibility index (Phi) is 3.61. The van der Waals surface area contributed by atoms with E-state index in [4.69, 9.17) is 16.8 Å². The zero-order valence-corrected chi connectivity index (χ0v) is 8.37. The molecule has 0 aliphatic rings. The SMILES string of the molecule is CC(=O)Nc1nc(CNO)c(Cl)s1. The molecule has 0 aliphatic carbocycles. The van der Waals surface area contributed by atoms with Gasteiger partial charge < -0.3 is 10.5 Å². The molecule has 72 valence electrons. The number of nitrogens with one attached hydrogen (secondary N) is 2. The Hall–Kier alpha value is -0.690. The van der Waals surface area contributed by atoms with Crippen LogP contribution in [0.2, 0.25) is 4.34 Å². The molecule has 5 nitrogen and oxygen atoms in total. The summed E-state index contributed by atoms with van der Waals surface area (Å²) in [7, 11) is 0. The van der Waals surface area contributed by atoms with Crippen LogP contribution in [0.4, 0.5) is 5.13 Å². The molecule has 1 heterocycles. The molecular weight excluding hydrogens is 214 g/mol. The van der Waals surface area contributed by atoms with E-state index in [0.717, 1.165) is 11.3 Å². The van der Waals surface area contributed by atoms with Gasteiger partial charge in [0.25, 0.3) is 0 Å². The number of rotatable bonds is 3. The molecule has 3 N–H and O–H groups in total. The van der Waals surface area contributed by atoms with Crippen LogP contribution in [0.5, 0.6) is 0 Å². The van der Waals surface area contributed by atoms with Crippen LogP contribution in [0, 0.1) is 0 Å². The topological polar surface area (TPSA) is 74.2 Å². The highest BCUT2D eigenvalue weighted by Gasteiger charge is 2.09. The third kappa shape index (κ3) is 2.92. The maximum atomic E-state index is 10.6. The maximum Gasteiger partial charge on any atom is 0.223 e. The minimum atomic E-state index is -0.200. The summed E-state index contributed by atoms with van der Waals surface area (Å²) in [6.45, 7) is 1.55. The van der Waals surface area contributed by atoms with Gasteiger partial charge in [-0.15, -0.1) is 0 Å². The van der Waals surface area contributed by atoms with Gasteiger partial charge >= 0.3 is 0 Å². The molecule has 1 aromatic rings. The van der Waals surface area contributed by atoms with E-state index in [1.54, 1.807) is 0 Å². The number of carbonyl (C=O) groups excluding carboxylic acids is 1. The Morgan fingerprint density at radius 2 is 2.46 bits per heavy atom. The normalized spacial score (nSPS) is 10.1. The summed E-state index contributed by atoms with van der Waals surface area (Å²) >= 11 is 6.91. The second-order valence-corrected chi connectivity index (χ2v) is 3.86. The molecule has 0 aliphatic heterocycles. The third-order valence-corrected chi connectivity index (χ3v) is 2.43. The van der Waals surface area contributed by atoms with E-state index in [1.165, 1.54) is 6.92 Å². The average Bonchev–Trinajstić information content (AvgIpc) is 2.31. The van der Waals surface area contributed by atoms with Crippen molar-refractivity contribution in [1.29, 1.82) is 0 Å². The fourth-order valence-corrected chi connectivity index (χ4v) is 1.81. The predicted octanol–water partition coefficient (Wildman–Crippen LogP) is 1.23. The molecule has 0 fully saturated rings. The van der Waals surface area contributed by atoms with E-state index < -0.39 is 0 Å². The minimum Gasteiger partial charge on any atom is -0.316 e. The molecule has 0 radical (unpaired) electrons. The lowest BCUT2D eigenvalue weighted by molar-refractivity contribution is -0.114. The molecule has 0 atom stereocenters. The highest BCUT2D eigenvalue weighted by atomic mass is 35.5. The van der Waals surface area contributed by atoms with Crippen molar-refractivity contribution in [2.24, 2.45) is 0 Å². The number of hydroxylamine groups is 1. The molecular formula is C6H8ClN3O2S. The number of hydrogen-bond acceptors (Lipinski definition) is 5. The summed E-state index contributed by atoms with van der Waals surface area (Å²) in [5.74, 6) is -0.200. The van der Waals surface area contributed by atoms with Gasteiger partial charge in [-0.1, -0.05) is 22.9 Å². The number of anilines is 1. The summed E-state index contributed by atoms with van der Waals surface area (Å²) in [4.78, 5) is 14.6. The highest BCUT2D eigenvalue weighted by Crippen LogP contribution is 2.27. The van der Waals surface area contributed by atoms with Crippen LogP contribution < -0.4 is 10.8 Å². The van der Waals surface area contributed by atoms with Crippen LogP contribution in [-0.4, -0.2) is 16.1 Å². The zero-order valence-electron chi connectivity index (χ0n) is 6.80. The van der Waals surface area contributed by atoms with Gasteiger partial charge in [0.05, 0.1) is 12.2 Å². The number of amides is 1. The summed E-state index contributed by atoms with van der Waals surface area (Å²) < 4.78 is 0.449. The molecule has 7 heteroatoms. The van der Waals surface area contributed by atoms with Crippen LogP contribution in [0.1, 0.15) is 12.6 Å². The van der Waals surface area contributed by atoms with E-state index in [2.05, 4.69) is 10.3 Å². The van der Waals surface area contributed by atoms with Gasteiger partial charge in [-0.05, 0) is 0 Å². The first-order valence-electron chi connectivity index (χ1n) is 3.43. The van der Waals surface area contributed by atoms with Crippen LogP contribution in [-0.2, 0) is 11.3 Å². The lowest BCUT2D eigenvalue weighted by Gasteiger charge is -1.93. The Bertz CT molecular complexity index is 315. The van der Waals surface area contributed by atoms with Crippen molar-refractivity contribution in [3.8, 4) is 0 Å². The third-order valence-electron chi connectivity index (χ3n) is 1.18. The molecule has 0 spiro atoms. The van der Waals surface area contributed by atoms with E-state index in [9.17, 15) is 4.79 Å². The van der Waals surface area contributed by atoms with Crippen molar-refractivity contribution in [2.45, 2.75) is 13.5 Å². The average molecular weight is 222 g/mol. The van der Waals surface area contributed by atoms with Crippen molar-refractivity contribution in [3.05, 3.63) is 10.0 Å². The number of nitrogens with zero attached hydrogens (tertiary/aromatic N) is 1. The Balaban J connectivity index is 2.76. The van der Waals surface area contributed by atoms with E-state index >= 15 is 0 Å². The highest BCUT2D eigenvalue weighted by molar-refractivity contribution is 7.19. The zero-order chi connectivity index (χ0) is 9.84. The molecule has 13 heavy (non-hydrogen) atoms. The number of thiazole rings is 1. The fourth-order valence-electron chi connectivity index (χ4n) is 0.721. The van der Waals surface area contributed by atoms with E-state index in [-0.39, 0.29) is 12.5 Å². The Morgan fingerprint density at radius 1 is 1.77 bits per heavy atom. The summed E-state index contributed by atoms with van der Waals surface area (Å²) in [6, 6.07) is 0. The van der Waals surface area contributed by atoms with Crippen molar-refractivity contribution >= 4 is 34.0 Å². The number of hydrogen-bond donors (Lipinski definition) is 3. The van der Waals surface area contributed by atoms with E-state index in [1.807, 2.05) is 5.48 Å². The lowest BCUT2D eigenvalue weighted by Crippen LogP contribution is -2.08. The van der Waals surface area contributed by atoms with Gasteiger partial charge in [0, 0.05) is 6.92 Å². The van der Waals surface area contributed by atoms with Crippen LogP contribution in [0.15, 0.2) is 0 Å². The van der Waals surface area contributed by atoms with Gasteiger partial charge in [-0.3, -0.25) is 4.79 Å². The fraction of sp³-hybridized carbons (Fsp3) is 0.333. The van der Waals surface area contributed by atoms with Gasteiger partial charge in [0.1, 0.15) is 4.34 Å². The number of aromatic nitrogens is 1. The van der Waals surface area contributed by atoms with Crippen molar-refractivity contribution in [1.82, 2.24) is 10.5 Å². The molecule has 0 aromatic carbocycles. The monoisotopic (exact) mass is 221 g/mol. The van der Waals surface area contributed by atoms with Gasteiger partial charge in [0.2, 0.25) is 5.91 Å². The second-order valence-electron chi connectivity index (χ2n) is 2.26. The lowest BCUT2D eigenvalue weighted by atomic mass is 10.5. The molecule has 1 rings (SSSR count). The van der Waals surface area contributed by atoms with Gasteiger partial charge in [0.15, 0.2) is 5.13 Å². The quantitative estimate of drug-likeness (QED) is 0.672. The largest absolute Gasteiger partial charge is 0.316 e. The first kappa shape index (κ1) is 10.4. The van der Waals surface area contributed by atoms with Gasteiger partial charge in [-0.2, -0.15) is 5.48 Å². The summed E-state index contributed by atoms with van der Waals surface area (Å²) in [5.41, 5.74) is 2.45. The minimum absolute atomic E-state index is 0.162. The van der Waals surface area contributed by atoms with Crippen LogP contribution >= 0.6 is 22.9 Å². The first-order valence-corrected chi connectivity index (χ1v) is 4.62. The Morgan fingerprint density at radius 3 is 3.00 bits per heavy atom. The second kappa shape index (κ2) is 4.52. The van der Waals surface area contributed by atoms with Crippen molar-refractivity contribution < 1.29 is 10.0 Å². The van der Waals surface area contributed by atoms with Crippen molar-refractivity contribution in [3.63, 3.8) is 0 Å². The molecule has 1 amide bonds. The van der Waals surface area contributed by atoms with Crippen LogP contribution in [0.3, 0.4) is 0 Å². The van der Waals surface area contributed by atoms with E-state index in [0.29, 0.717) is 15.2 Å².